The predicted octanol–water partition coefficient (Wildman–Crippen LogP) is 7.77. The molecule has 38 heavy (non-hydrogen) atoms. The van der Waals surface area contributed by atoms with Crippen molar-refractivity contribution in [3.63, 3.8) is 0 Å². The van der Waals surface area contributed by atoms with Gasteiger partial charge in [0.05, 0.1) is 11.4 Å². The van der Waals surface area contributed by atoms with Gasteiger partial charge >= 0.3 is 0 Å². The molecule has 0 fully saturated rings. The molecule has 8 rings (SSSR count). The molecule has 0 amide bonds. The molecule has 0 N–H and O–H groups in total. The standard InChI is InChI=1S/C25H14.C10H8N2.Ir/c1-5-13-21-17(9-1)18-10-2-6-14-22(18)25(21)23-15-7-3-11-19(23)20-12-4-8-16-24(20)25;1-3-7-11-9(5-1)10-6-2-4-8-12-10;/h1-10,13-16H;1-8H;/q-2;;. The Bertz CT molecular complexity index is 1500. The first-order valence-corrected chi connectivity index (χ1v) is 12.4. The molecule has 3 heteroatoms. The summed E-state index contributed by atoms with van der Waals surface area (Å²) in [6, 6.07) is 49.0. The van der Waals surface area contributed by atoms with Gasteiger partial charge < -0.3 is 0 Å². The Kier molecular flexibility index (Phi) is 6.33. The van der Waals surface area contributed by atoms with Crippen molar-refractivity contribution in [3.05, 3.63) is 168 Å². The van der Waals surface area contributed by atoms with Crippen LogP contribution in [0, 0.1) is 12.1 Å². The Labute approximate surface area is 236 Å². The minimum absolute atomic E-state index is 0. The first-order chi connectivity index (χ1) is 18.4. The summed E-state index contributed by atoms with van der Waals surface area (Å²) in [5.41, 5.74) is 12.0. The number of nitrogens with zero attached hydrogens (tertiary/aromatic N) is 2. The van der Waals surface area contributed by atoms with Gasteiger partial charge in [0.15, 0.2) is 0 Å². The minimum Gasteiger partial charge on any atom is -0.255 e. The SMILES string of the molecule is [Ir].[c-]1cccc2c1-c1[c-]cccc1C21c2ccccc2-c2ccccc21.c1ccc(-c2ccccn2)nc1. The van der Waals surface area contributed by atoms with E-state index in [4.69, 9.17) is 0 Å². The maximum atomic E-state index is 4.19. The summed E-state index contributed by atoms with van der Waals surface area (Å²) < 4.78 is 0. The smallest absolute Gasteiger partial charge is 0.0886 e. The molecule has 6 aromatic rings. The average Bonchev–Trinajstić information content (AvgIpc) is 3.46. The molecular weight excluding hydrogens is 641 g/mol. The third kappa shape index (κ3) is 3.59. The Morgan fingerprint density at radius 3 is 1.32 bits per heavy atom. The van der Waals surface area contributed by atoms with Gasteiger partial charge in [-0.25, -0.2) is 11.1 Å². The van der Waals surface area contributed by atoms with Crippen molar-refractivity contribution in [3.8, 4) is 33.6 Å². The summed E-state index contributed by atoms with van der Waals surface area (Å²) >= 11 is 0. The van der Waals surface area contributed by atoms with Crippen LogP contribution in [0.2, 0.25) is 0 Å². The molecule has 4 aromatic carbocycles. The van der Waals surface area contributed by atoms with E-state index in [1.807, 2.05) is 48.5 Å². The van der Waals surface area contributed by atoms with Crippen molar-refractivity contribution in [2.75, 3.05) is 0 Å². The van der Waals surface area contributed by atoms with E-state index in [1.165, 1.54) is 44.5 Å². The van der Waals surface area contributed by atoms with Crippen LogP contribution in [-0.4, -0.2) is 9.97 Å². The van der Waals surface area contributed by atoms with Crippen molar-refractivity contribution in [1.82, 2.24) is 9.97 Å². The molecule has 2 heterocycles. The van der Waals surface area contributed by atoms with E-state index in [-0.39, 0.29) is 25.5 Å². The molecule has 0 bridgehead atoms. The Morgan fingerprint density at radius 2 is 0.868 bits per heavy atom. The zero-order valence-electron chi connectivity index (χ0n) is 20.4. The summed E-state index contributed by atoms with van der Waals surface area (Å²) in [7, 11) is 0. The molecule has 0 saturated heterocycles. The largest absolute Gasteiger partial charge is 0.255 e. The van der Waals surface area contributed by atoms with Gasteiger partial charge in [-0.1, -0.05) is 60.7 Å². The number of benzene rings is 4. The molecular formula is C35H22IrN2-2. The Morgan fingerprint density at radius 1 is 0.447 bits per heavy atom. The molecule has 2 aliphatic rings. The molecule has 2 aliphatic carbocycles. The first-order valence-electron chi connectivity index (χ1n) is 12.4. The second-order valence-corrected chi connectivity index (χ2v) is 9.19. The van der Waals surface area contributed by atoms with Gasteiger partial charge in [-0.3, -0.25) is 9.97 Å². The fourth-order valence-corrected chi connectivity index (χ4v) is 5.90. The third-order valence-electron chi connectivity index (χ3n) is 7.31. The molecule has 2 nitrogen and oxygen atoms in total. The maximum Gasteiger partial charge on any atom is 0.0886 e. The van der Waals surface area contributed by atoms with Gasteiger partial charge in [0.1, 0.15) is 0 Å². The molecule has 0 atom stereocenters. The maximum absolute atomic E-state index is 4.19. The fourth-order valence-electron chi connectivity index (χ4n) is 5.90. The normalized spacial score (nSPS) is 12.7. The summed E-state index contributed by atoms with van der Waals surface area (Å²) in [6.45, 7) is 0. The predicted molar refractivity (Wildman–Crippen MR) is 148 cm³/mol. The molecule has 0 aliphatic heterocycles. The van der Waals surface area contributed by atoms with Crippen LogP contribution in [0.15, 0.2) is 134 Å². The molecule has 1 spiro atoms. The summed E-state index contributed by atoms with van der Waals surface area (Å²) in [5.74, 6) is 0. The average molecular weight is 663 g/mol. The zero-order chi connectivity index (χ0) is 24.7. The van der Waals surface area contributed by atoms with E-state index < -0.39 is 0 Å². The van der Waals surface area contributed by atoms with Crippen LogP contribution in [0.3, 0.4) is 0 Å². The quantitative estimate of drug-likeness (QED) is 0.168. The minimum atomic E-state index is -0.243. The summed E-state index contributed by atoms with van der Waals surface area (Å²) in [5, 5.41) is 0. The number of hydrogen-bond donors (Lipinski definition) is 0. The van der Waals surface area contributed by atoms with Gasteiger partial charge in [0, 0.05) is 32.5 Å². The molecule has 2 aromatic heterocycles. The monoisotopic (exact) mass is 663 g/mol. The fraction of sp³-hybridized carbons (Fsp3) is 0.0286. The van der Waals surface area contributed by atoms with E-state index in [9.17, 15) is 0 Å². The van der Waals surface area contributed by atoms with E-state index in [2.05, 4.69) is 94.9 Å². The van der Waals surface area contributed by atoms with Gasteiger partial charge in [0.2, 0.25) is 0 Å². The van der Waals surface area contributed by atoms with Crippen LogP contribution in [0.25, 0.3) is 33.6 Å². The van der Waals surface area contributed by atoms with E-state index in [0.717, 1.165) is 11.4 Å². The first kappa shape index (κ1) is 24.2. The van der Waals surface area contributed by atoms with E-state index in [0.29, 0.717) is 0 Å². The van der Waals surface area contributed by atoms with Crippen molar-refractivity contribution in [2.45, 2.75) is 5.41 Å². The number of aromatic nitrogens is 2. The summed E-state index contributed by atoms with van der Waals surface area (Å²) in [6.07, 6.45) is 3.54. The van der Waals surface area contributed by atoms with Gasteiger partial charge in [0.25, 0.3) is 0 Å². The van der Waals surface area contributed by atoms with Crippen LogP contribution in [-0.2, 0) is 25.5 Å². The third-order valence-corrected chi connectivity index (χ3v) is 7.31. The summed E-state index contributed by atoms with van der Waals surface area (Å²) in [4.78, 5) is 8.37. The van der Waals surface area contributed by atoms with Gasteiger partial charge in [-0.05, 0) is 51.9 Å². The second kappa shape index (κ2) is 9.95. The Hall–Kier alpha value is -4.17. The molecule has 0 unspecified atom stereocenters. The second-order valence-electron chi connectivity index (χ2n) is 9.19. The van der Waals surface area contributed by atoms with Crippen LogP contribution in [0.5, 0.6) is 0 Å². The van der Waals surface area contributed by atoms with Crippen LogP contribution >= 0.6 is 0 Å². The van der Waals surface area contributed by atoms with Gasteiger partial charge in [-0.2, -0.15) is 47.5 Å². The van der Waals surface area contributed by atoms with Crippen molar-refractivity contribution >= 4 is 0 Å². The van der Waals surface area contributed by atoms with Crippen molar-refractivity contribution in [2.24, 2.45) is 0 Å². The Balaban J connectivity index is 0.000000172. The number of hydrogen-bond acceptors (Lipinski definition) is 2. The number of rotatable bonds is 1. The molecule has 183 valence electrons. The van der Waals surface area contributed by atoms with E-state index in [1.54, 1.807) is 12.4 Å². The zero-order valence-corrected chi connectivity index (χ0v) is 22.8. The van der Waals surface area contributed by atoms with E-state index >= 15 is 0 Å². The van der Waals surface area contributed by atoms with Crippen LogP contribution < -0.4 is 0 Å². The number of fused-ring (bicyclic) bond motifs is 10. The number of pyridine rings is 2. The molecule has 0 saturated carbocycles. The van der Waals surface area contributed by atoms with Crippen molar-refractivity contribution < 1.29 is 20.1 Å². The van der Waals surface area contributed by atoms with Gasteiger partial charge in [-0.15, -0.1) is 12.1 Å². The van der Waals surface area contributed by atoms with Crippen molar-refractivity contribution in [1.29, 1.82) is 0 Å². The van der Waals surface area contributed by atoms with Crippen LogP contribution in [0.4, 0.5) is 0 Å². The topological polar surface area (TPSA) is 25.8 Å². The van der Waals surface area contributed by atoms with Crippen LogP contribution in [0.1, 0.15) is 22.3 Å². The molecule has 1 radical (unpaired) electrons.